The van der Waals surface area contributed by atoms with E-state index < -0.39 is 0 Å². The maximum Gasteiger partial charge on any atom is 0.276 e. The summed E-state index contributed by atoms with van der Waals surface area (Å²) in [6, 6.07) is 8.61. The van der Waals surface area contributed by atoms with E-state index >= 15 is 0 Å². The van der Waals surface area contributed by atoms with Gasteiger partial charge in [0, 0.05) is 36.0 Å². The zero-order chi connectivity index (χ0) is 26.1. The number of fused-ring (bicyclic) bond motifs is 2. The molecule has 37 heavy (non-hydrogen) atoms. The third kappa shape index (κ3) is 3.85. The Kier molecular flexibility index (Phi) is 5.47. The minimum Gasteiger partial charge on any atom is -0.382 e. The minimum absolute atomic E-state index is 0.0614. The molecule has 9 nitrogen and oxygen atoms in total. The van der Waals surface area contributed by atoms with Crippen molar-refractivity contribution in [2.75, 3.05) is 36.0 Å². The number of carbonyl (C=O) groups excluding carboxylic acids is 1. The molecule has 10 heteroatoms. The summed E-state index contributed by atoms with van der Waals surface area (Å²) in [5, 5.41) is 0.526. The zero-order valence-electron chi connectivity index (χ0n) is 21.6. The molecule has 2 aliphatic heterocycles. The molecular formula is C27H34N8OS. The molecule has 1 atom stereocenters. The van der Waals surface area contributed by atoms with Crippen LogP contribution in [0.1, 0.15) is 70.6 Å². The molecule has 3 aliphatic rings. The number of piperidine rings is 1. The number of nitrogens with zero attached hydrogens (tertiary/aromatic N) is 5. The molecule has 1 amide bonds. The van der Waals surface area contributed by atoms with Crippen molar-refractivity contribution in [1.29, 1.82) is 0 Å². The topological polar surface area (TPSA) is 140 Å². The molecule has 6 N–H and O–H groups in total. The molecule has 1 aromatic carbocycles. The largest absolute Gasteiger partial charge is 0.382 e. The van der Waals surface area contributed by atoms with Gasteiger partial charge in [0.05, 0.1) is 17.9 Å². The summed E-state index contributed by atoms with van der Waals surface area (Å²) in [6.45, 7) is 8.69. The van der Waals surface area contributed by atoms with Crippen LogP contribution in [-0.4, -0.2) is 45.4 Å². The number of aryl methyl sites for hydroxylation is 1. The summed E-state index contributed by atoms with van der Waals surface area (Å²) in [4.78, 5) is 32.5. The number of thiazole rings is 1. The third-order valence-corrected chi connectivity index (χ3v) is 9.36. The Morgan fingerprint density at radius 2 is 1.84 bits per heavy atom. The molecule has 0 bridgehead atoms. The van der Waals surface area contributed by atoms with Crippen LogP contribution in [0.4, 0.5) is 16.8 Å². The van der Waals surface area contributed by atoms with Gasteiger partial charge in [-0.1, -0.05) is 38.1 Å². The van der Waals surface area contributed by atoms with Gasteiger partial charge in [0.1, 0.15) is 0 Å². The first-order chi connectivity index (χ1) is 17.6. The lowest BCUT2D eigenvalue weighted by atomic mass is 9.73. The standard InChI is InChI=1S/C27H34N8OS/c1-15-23(34-10-8-27(9-11-34)12-16-6-4-5-7-17(16)20(27)28)33-22(29)19(31-15)24(36)35-13-18-21(26(2,3)14-35)32-25(30)37-18/h4-7,20H,8-14,28H2,1-3H3,(H2,29,33)(H2,30,32)/t20-/m1/s1. The monoisotopic (exact) mass is 518 g/mol. The molecule has 1 spiro atoms. The second-order valence-electron chi connectivity index (χ2n) is 11.4. The number of aromatic nitrogens is 3. The number of nitrogens with two attached hydrogens (primary N) is 3. The van der Waals surface area contributed by atoms with Crippen molar-refractivity contribution in [3.05, 3.63) is 57.4 Å². The number of rotatable bonds is 2. The van der Waals surface area contributed by atoms with Gasteiger partial charge in [-0.3, -0.25) is 4.79 Å². The molecule has 194 valence electrons. The fraction of sp³-hybridized carbons (Fsp3) is 0.481. The number of nitrogen functional groups attached to an aromatic ring is 2. The van der Waals surface area contributed by atoms with E-state index in [-0.39, 0.29) is 34.3 Å². The molecule has 0 radical (unpaired) electrons. The average Bonchev–Trinajstić information content (AvgIpc) is 3.38. The molecule has 4 heterocycles. The Bertz CT molecular complexity index is 1390. The van der Waals surface area contributed by atoms with Gasteiger partial charge in [0.25, 0.3) is 5.91 Å². The van der Waals surface area contributed by atoms with E-state index in [2.05, 4.69) is 53.0 Å². The van der Waals surface area contributed by atoms with Crippen molar-refractivity contribution in [2.24, 2.45) is 11.1 Å². The van der Waals surface area contributed by atoms with Gasteiger partial charge >= 0.3 is 0 Å². The van der Waals surface area contributed by atoms with Crippen LogP contribution in [0.25, 0.3) is 0 Å². The van der Waals surface area contributed by atoms with E-state index in [1.165, 1.54) is 22.5 Å². The number of benzene rings is 1. The first-order valence-corrected chi connectivity index (χ1v) is 13.7. The van der Waals surface area contributed by atoms with Crippen LogP contribution < -0.4 is 22.1 Å². The highest BCUT2D eigenvalue weighted by Crippen LogP contribution is 2.51. The fourth-order valence-corrected chi connectivity index (χ4v) is 7.56. The summed E-state index contributed by atoms with van der Waals surface area (Å²) in [5.41, 5.74) is 23.4. The van der Waals surface area contributed by atoms with Crippen molar-refractivity contribution in [1.82, 2.24) is 19.9 Å². The number of hydrogen-bond donors (Lipinski definition) is 3. The quantitative estimate of drug-likeness (QED) is 0.470. The summed E-state index contributed by atoms with van der Waals surface area (Å²) in [5.74, 6) is 0.713. The Labute approximate surface area is 221 Å². The van der Waals surface area contributed by atoms with Crippen LogP contribution in [0.2, 0.25) is 0 Å². The number of hydrogen-bond acceptors (Lipinski definition) is 9. The molecule has 1 fully saturated rings. The second-order valence-corrected chi connectivity index (χ2v) is 12.6. The van der Waals surface area contributed by atoms with Crippen molar-refractivity contribution in [2.45, 2.75) is 58.0 Å². The highest BCUT2D eigenvalue weighted by molar-refractivity contribution is 7.15. The predicted octanol–water partition coefficient (Wildman–Crippen LogP) is 3.18. The van der Waals surface area contributed by atoms with Gasteiger partial charge < -0.3 is 27.0 Å². The molecule has 0 unspecified atom stereocenters. The van der Waals surface area contributed by atoms with Crippen LogP contribution in [-0.2, 0) is 18.4 Å². The Hall–Kier alpha value is -3.24. The highest BCUT2D eigenvalue weighted by Gasteiger charge is 2.46. The first kappa shape index (κ1) is 24.1. The summed E-state index contributed by atoms with van der Waals surface area (Å²) < 4.78 is 0. The summed E-state index contributed by atoms with van der Waals surface area (Å²) in [6.07, 6.45) is 2.99. The highest BCUT2D eigenvalue weighted by atomic mass is 32.1. The maximum absolute atomic E-state index is 13.5. The maximum atomic E-state index is 13.5. The van der Waals surface area contributed by atoms with Gasteiger partial charge in [0.15, 0.2) is 22.5 Å². The van der Waals surface area contributed by atoms with Crippen LogP contribution >= 0.6 is 11.3 Å². The van der Waals surface area contributed by atoms with Gasteiger partial charge in [-0.25, -0.2) is 15.0 Å². The van der Waals surface area contributed by atoms with Gasteiger partial charge in [-0.15, -0.1) is 11.3 Å². The molecule has 6 rings (SSSR count). The van der Waals surface area contributed by atoms with Gasteiger partial charge in [0.2, 0.25) is 0 Å². The minimum atomic E-state index is -0.307. The van der Waals surface area contributed by atoms with Crippen molar-refractivity contribution < 1.29 is 4.79 Å². The molecule has 3 aromatic rings. The smallest absolute Gasteiger partial charge is 0.276 e. The summed E-state index contributed by atoms with van der Waals surface area (Å²) >= 11 is 1.43. The lowest BCUT2D eigenvalue weighted by Crippen LogP contribution is -2.46. The lowest BCUT2D eigenvalue weighted by molar-refractivity contribution is 0.0681. The van der Waals surface area contributed by atoms with Crippen molar-refractivity contribution in [3.63, 3.8) is 0 Å². The molecule has 0 saturated carbocycles. The number of carbonyl (C=O) groups is 1. The summed E-state index contributed by atoms with van der Waals surface area (Å²) in [7, 11) is 0. The van der Waals surface area contributed by atoms with E-state index in [9.17, 15) is 4.79 Å². The van der Waals surface area contributed by atoms with Gasteiger partial charge in [-0.05, 0) is 42.7 Å². The van der Waals surface area contributed by atoms with Crippen LogP contribution in [0.3, 0.4) is 0 Å². The van der Waals surface area contributed by atoms with E-state index in [1.807, 2.05) is 6.92 Å². The lowest BCUT2D eigenvalue weighted by Gasteiger charge is -2.43. The third-order valence-electron chi connectivity index (χ3n) is 8.49. The van der Waals surface area contributed by atoms with Crippen LogP contribution in [0.5, 0.6) is 0 Å². The van der Waals surface area contributed by atoms with Gasteiger partial charge in [-0.2, -0.15) is 0 Å². The van der Waals surface area contributed by atoms with Crippen molar-refractivity contribution >= 4 is 34.0 Å². The van der Waals surface area contributed by atoms with Crippen LogP contribution in [0, 0.1) is 12.3 Å². The van der Waals surface area contributed by atoms with E-state index in [4.69, 9.17) is 22.2 Å². The molecular weight excluding hydrogens is 484 g/mol. The Morgan fingerprint density at radius 3 is 2.57 bits per heavy atom. The van der Waals surface area contributed by atoms with Crippen molar-refractivity contribution in [3.8, 4) is 0 Å². The molecule has 1 aliphatic carbocycles. The SMILES string of the molecule is Cc1nc(C(=O)N2Cc3sc(N)nc3C(C)(C)C2)c(N)nc1N1CCC2(CC1)Cc1ccccc1[C@H]2N. The first-order valence-electron chi connectivity index (χ1n) is 12.9. The van der Waals surface area contributed by atoms with E-state index in [0.29, 0.717) is 23.9 Å². The fourth-order valence-electron chi connectivity index (χ4n) is 6.53. The zero-order valence-corrected chi connectivity index (χ0v) is 22.4. The Balaban J connectivity index is 1.20. The predicted molar refractivity (Wildman–Crippen MR) is 146 cm³/mol. The second kappa shape index (κ2) is 8.39. The average molecular weight is 519 g/mol. The normalized spacial score (nSPS) is 21.7. The number of amides is 1. The number of anilines is 3. The Morgan fingerprint density at radius 1 is 1.11 bits per heavy atom. The molecule has 2 aromatic heterocycles. The van der Waals surface area contributed by atoms with E-state index in [0.717, 1.165) is 48.7 Å². The van der Waals surface area contributed by atoms with E-state index in [1.54, 1.807) is 4.90 Å². The van der Waals surface area contributed by atoms with Crippen LogP contribution in [0.15, 0.2) is 24.3 Å². The molecule has 1 saturated heterocycles.